The lowest BCUT2D eigenvalue weighted by molar-refractivity contribution is 0.0202. The highest BCUT2D eigenvalue weighted by atomic mass is 32.2. The third-order valence-corrected chi connectivity index (χ3v) is 5.00. The number of carbonyl (C=O) groups is 2. The first-order valence-corrected chi connectivity index (χ1v) is 11.2. The Hall–Kier alpha value is -2.63. The van der Waals surface area contributed by atoms with E-state index in [1.807, 2.05) is 0 Å². The largest absolute Gasteiger partial charge is 0.476 e. The number of amides is 1. The fraction of sp³-hybridized carbons (Fsp3) is 0.667. The molecule has 1 N–H and O–H groups in total. The van der Waals surface area contributed by atoms with Crippen molar-refractivity contribution >= 4 is 22.2 Å². The third-order valence-electron chi connectivity index (χ3n) is 4.53. The molecule has 1 aromatic heterocycles. The minimum absolute atomic E-state index is 0.0385. The smallest absolute Gasteiger partial charge is 0.410 e. The quantitative estimate of drug-likeness (QED) is 0.687. The molecule has 0 radical (unpaired) electrons. The van der Waals surface area contributed by atoms with Crippen molar-refractivity contribution in [3.05, 3.63) is 21.9 Å². The highest BCUT2D eigenvalue weighted by Gasteiger charge is 2.36. The maximum absolute atomic E-state index is 13.1. The van der Waals surface area contributed by atoms with E-state index in [1.54, 1.807) is 27.7 Å². The lowest BCUT2D eigenvalue weighted by Gasteiger charge is -2.31. The Balaban J connectivity index is 2.70. The molecule has 2 rings (SSSR count). The van der Waals surface area contributed by atoms with Crippen LogP contribution in [0, 0.1) is 0 Å². The summed E-state index contributed by atoms with van der Waals surface area (Å²) >= 11 is 0. The summed E-state index contributed by atoms with van der Waals surface area (Å²) in [6, 6.07) is -1.16. The molecule has 0 fully saturated rings. The molecule has 1 aliphatic heterocycles. The summed E-state index contributed by atoms with van der Waals surface area (Å²) in [4.78, 5) is 42.7. The average Bonchev–Trinajstić information content (AvgIpc) is 2.72. The number of nitrogens with zero attached hydrogens (tertiary/aromatic N) is 3. The third kappa shape index (κ3) is 5.29. The predicted molar refractivity (Wildman–Crippen MR) is 106 cm³/mol. The highest BCUT2D eigenvalue weighted by Crippen LogP contribution is 2.33. The van der Waals surface area contributed by atoms with Crippen LogP contribution in [0.15, 0.2) is 4.79 Å². The van der Waals surface area contributed by atoms with Crippen LogP contribution >= 0.6 is 0 Å². The Labute approximate surface area is 174 Å². The van der Waals surface area contributed by atoms with E-state index in [1.165, 1.54) is 16.5 Å². The van der Waals surface area contributed by atoms with Crippen LogP contribution in [0.2, 0.25) is 0 Å². The average molecular weight is 445 g/mol. The van der Waals surface area contributed by atoms with Gasteiger partial charge in [0, 0.05) is 13.1 Å². The van der Waals surface area contributed by atoms with E-state index in [9.17, 15) is 27.9 Å². The molecule has 30 heavy (non-hydrogen) atoms. The molecule has 168 valence electrons. The monoisotopic (exact) mass is 445 g/mol. The summed E-state index contributed by atoms with van der Waals surface area (Å²) in [7, 11) is -2.69. The standard InChI is InChI=1S/C18H27N3O8S/c1-10-8-7-9-11(20(5)17(25)28-18(2,3)4)14-19-12(16(23)24)13(15(22)21(10)14)29-30(6,26)27/h10-11H,7-9H2,1-6H3,(H,23,24)/t10-,11-/m1/s1. The Bertz CT molecular complexity index is 1010. The van der Waals surface area contributed by atoms with Crippen molar-refractivity contribution in [2.24, 2.45) is 0 Å². The Morgan fingerprint density at radius 1 is 1.27 bits per heavy atom. The van der Waals surface area contributed by atoms with Gasteiger partial charge in [-0.25, -0.2) is 14.6 Å². The van der Waals surface area contributed by atoms with E-state index in [2.05, 4.69) is 9.17 Å². The van der Waals surface area contributed by atoms with Gasteiger partial charge in [0.2, 0.25) is 5.75 Å². The van der Waals surface area contributed by atoms with Crippen molar-refractivity contribution in [2.45, 2.75) is 64.6 Å². The second kappa shape index (κ2) is 8.25. The first-order chi connectivity index (χ1) is 13.6. The van der Waals surface area contributed by atoms with Gasteiger partial charge in [0.05, 0.1) is 12.3 Å². The van der Waals surface area contributed by atoms with E-state index in [0.717, 1.165) is 0 Å². The molecule has 0 saturated carbocycles. The molecule has 0 spiro atoms. The van der Waals surface area contributed by atoms with Gasteiger partial charge in [-0.15, -0.1) is 0 Å². The van der Waals surface area contributed by atoms with Crippen LogP contribution in [-0.2, 0) is 14.9 Å². The van der Waals surface area contributed by atoms with Crippen LogP contribution < -0.4 is 9.74 Å². The van der Waals surface area contributed by atoms with Crippen LogP contribution in [0.3, 0.4) is 0 Å². The second-order valence-corrected chi connectivity index (χ2v) is 9.88. The van der Waals surface area contributed by atoms with E-state index in [4.69, 9.17) is 4.74 Å². The molecule has 0 saturated heterocycles. The molecular weight excluding hydrogens is 418 g/mol. The lowest BCUT2D eigenvalue weighted by Crippen LogP contribution is -2.40. The van der Waals surface area contributed by atoms with E-state index in [-0.39, 0.29) is 5.82 Å². The number of carboxylic acids is 1. The van der Waals surface area contributed by atoms with Gasteiger partial charge in [0.25, 0.3) is 5.56 Å². The van der Waals surface area contributed by atoms with Crippen LogP contribution in [0.5, 0.6) is 5.75 Å². The first-order valence-electron chi connectivity index (χ1n) is 9.37. The summed E-state index contributed by atoms with van der Waals surface area (Å²) in [6.07, 6.45) is 1.62. The molecule has 0 aliphatic carbocycles. The van der Waals surface area contributed by atoms with Gasteiger partial charge >= 0.3 is 22.2 Å². The number of hydrogen-bond acceptors (Lipinski definition) is 8. The van der Waals surface area contributed by atoms with E-state index in [0.29, 0.717) is 25.5 Å². The number of hydrogen-bond donors (Lipinski definition) is 1. The summed E-state index contributed by atoms with van der Waals surface area (Å²) in [5.74, 6) is -2.46. The Morgan fingerprint density at radius 2 is 1.87 bits per heavy atom. The van der Waals surface area contributed by atoms with Gasteiger partial charge in [-0.3, -0.25) is 9.36 Å². The maximum atomic E-state index is 13.1. The van der Waals surface area contributed by atoms with Crippen molar-refractivity contribution in [3.63, 3.8) is 0 Å². The number of ether oxygens (including phenoxy) is 1. The number of rotatable bonds is 4. The molecule has 0 unspecified atom stereocenters. The fourth-order valence-corrected chi connectivity index (χ4v) is 3.71. The van der Waals surface area contributed by atoms with Gasteiger partial charge in [-0.2, -0.15) is 8.42 Å². The van der Waals surface area contributed by atoms with Crippen molar-refractivity contribution in [3.8, 4) is 5.75 Å². The van der Waals surface area contributed by atoms with E-state index < -0.39 is 56.9 Å². The molecule has 1 aromatic rings. The normalized spacial score (nSPS) is 19.4. The van der Waals surface area contributed by atoms with Gasteiger partial charge < -0.3 is 18.9 Å². The van der Waals surface area contributed by atoms with Crippen molar-refractivity contribution in [1.29, 1.82) is 0 Å². The molecule has 12 heteroatoms. The van der Waals surface area contributed by atoms with Crippen molar-refractivity contribution in [1.82, 2.24) is 14.5 Å². The van der Waals surface area contributed by atoms with Gasteiger partial charge in [-0.1, -0.05) is 0 Å². The number of carboxylic acid groups (broad SMARTS) is 1. The number of fused-ring (bicyclic) bond motifs is 1. The Kier molecular flexibility index (Phi) is 6.50. The van der Waals surface area contributed by atoms with Crippen molar-refractivity contribution < 1.29 is 32.0 Å². The number of aromatic nitrogens is 2. The summed E-state index contributed by atoms with van der Waals surface area (Å²) in [5.41, 5.74) is -2.51. The fourth-order valence-electron chi connectivity index (χ4n) is 3.26. The van der Waals surface area contributed by atoms with Crippen molar-refractivity contribution in [2.75, 3.05) is 13.3 Å². The topological polar surface area (TPSA) is 145 Å². The second-order valence-electron chi connectivity index (χ2n) is 8.30. The highest BCUT2D eigenvalue weighted by molar-refractivity contribution is 7.86. The summed E-state index contributed by atoms with van der Waals surface area (Å²) in [6.45, 7) is 6.86. The first kappa shape index (κ1) is 23.6. The molecule has 11 nitrogen and oxygen atoms in total. The summed E-state index contributed by atoms with van der Waals surface area (Å²) < 4.78 is 34.4. The predicted octanol–water partition coefficient (Wildman–Crippen LogP) is 1.93. The SMILES string of the molecule is C[C@@H]1CCC[C@@H](N(C)C(=O)OC(C)(C)C)c2nc(C(=O)O)c(OS(C)(=O)=O)c(=O)n21. The summed E-state index contributed by atoms with van der Waals surface area (Å²) in [5, 5.41) is 9.52. The van der Waals surface area contributed by atoms with Crippen LogP contribution in [-0.4, -0.2) is 58.9 Å². The molecule has 2 heterocycles. The molecule has 2 atom stereocenters. The van der Waals surface area contributed by atoms with Crippen LogP contribution in [0.1, 0.15) is 75.4 Å². The minimum atomic E-state index is -4.17. The zero-order valence-electron chi connectivity index (χ0n) is 17.8. The Morgan fingerprint density at radius 3 is 2.37 bits per heavy atom. The van der Waals surface area contributed by atoms with Gasteiger partial charge in [0.1, 0.15) is 11.4 Å². The molecule has 0 bridgehead atoms. The molecular formula is C18H27N3O8S. The minimum Gasteiger partial charge on any atom is -0.476 e. The molecule has 1 amide bonds. The van der Waals surface area contributed by atoms with Gasteiger partial charge in [-0.05, 0) is 47.0 Å². The zero-order chi connectivity index (χ0) is 23.0. The lowest BCUT2D eigenvalue weighted by atomic mass is 10.1. The van der Waals surface area contributed by atoms with Crippen LogP contribution in [0.25, 0.3) is 0 Å². The van der Waals surface area contributed by atoms with Crippen LogP contribution in [0.4, 0.5) is 4.79 Å². The zero-order valence-corrected chi connectivity index (χ0v) is 18.6. The van der Waals surface area contributed by atoms with E-state index >= 15 is 0 Å². The maximum Gasteiger partial charge on any atom is 0.410 e. The molecule has 1 aliphatic rings. The number of carbonyl (C=O) groups excluding carboxylic acids is 1. The molecule has 0 aromatic carbocycles. The number of aromatic carboxylic acids is 1. The van der Waals surface area contributed by atoms with Gasteiger partial charge in [0.15, 0.2) is 5.69 Å².